The van der Waals surface area contributed by atoms with Crippen molar-refractivity contribution < 1.29 is 23.7 Å². The van der Waals surface area contributed by atoms with Crippen LogP contribution in [0.3, 0.4) is 0 Å². The number of aliphatic hydroxyl groups is 1. The summed E-state index contributed by atoms with van der Waals surface area (Å²) in [6.45, 7) is 0. The molecule has 0 aromatic heterocycles. The van der Waals surface area contributed by atoms with Crippen LogP contribution in [0.1, 0.15) is 43.5 Å². The van der Waals surface area contributed by atoms with E-state index in [0.29, 0.717) is 22.4 Å². The lowest BCUT2D eigenvalue weighted by Crippen LogP contribution is -2.22. The van der Waals surface area contributed by atoms with Crippen LogP contribution in [0.2, 0.25) is 0 Å². The standard InChI is InChI=1S/C23H32NO5P/c1-24(2)17-10-13-20(14-11-17)30(26,29-18-8-6-5-7-9-18)23(25)21-15-12-19(27-3)16-22(21)28-4/h10-16,18,23,25H,5-9H2,1-4H3/t23-,30+/m1/s1. The SMILES string of the molecule is COc1ccc([C@H](O)[P@@](=O)(OC2CCCCC2)c2ccc(N(C)C)cc2)c(OC)c1. The maximum atomic E-state index is 14.3. The zero-order valence-electron chi connectivity index (χ0n) is 18.2. The van der Waals surface area contributed by atoms with Crippen LogP contribution >= 0.6 is 7.37 Å². The zero-order chi connectivity index (χ0) is 21.7. The van der Waals surface area contributed by atoms with Gasteiger partial charge in [-0.3, -0.25) is 4.57 Å². The van der Waals surface area contributed by atoms with E-state index in [2.05, 4.69) is 0 Å². The Balaban J connectivity index is 2.03. The Bertz CT molecular complexity index is 878. The normalized spacial score (nSPS) is 17.8. The molecule has 6 nitrogen and oxygen atoms in total. The number of hydrogen-bond donors (Lipinski definition) is 1. The Labute approximate surface area is 179 Å². The highest BCUT2D eigenvalue weighted by atomic mass is 31.2. The molecule has 2 atom stereocenters. The van der Waals surface area contributed by atoms with E-state index in [1.54, 1.807) is 37.4 Å². The maximum Gasteiger partial charge on any atom is 0.264 e. The van der Waals surface area contributed by atoms with Gasteiger partial charge in [0, 0.05) is 36.7 Å². The molecule has 30 heavy (non-hydrogen) atoms. The lowest BCUT2D eigenvalue weighted by Gasteiger charge is -2.31. The first-order valence-corrected chi connectivity index (χ1v) is 12.0. The van der Waals surface area contributed by atoms with Gasteiger partial charge >= 0.3 is 0 Å². The average Bonchev–Trinajstić information content (AvgIpc) is 2.78. The van der Waals surface area contributed by atoms with Gasteiger partial charge in [-0.2, -0.15) is 0 Å². The summed E-state index contributed by atoms with van der Waals surface area (Å²) in [4.78, 5) is 1.97. The third-order valence-electron chi connectivity index (χ3n) is 5.62. The van der Waals surface area contributed by atoms with Crippen molar-refractivity contribution in [1.82, 2.24) is 0 Å². The third-order valence-corrected chi connectivity index (χ3v) is 8.18. The highest BCUT2D eigenvalue weighted by Gasteiger charge is 2.40. The number of hydrogen-bond acceptors (Lipinski definition) is 6. The Kier molecular flexibility index (Phi) is 7.45. The number of methoxy groups -OCH3 is 2. The van der Waals surface area contributed by atoms with E-state index < -0.39 is 13.2 Å². The summed E-state index contributed by atoms with van der Waals surface area (Å²) in [5, 5.41) is 11.9. The molecule has 0 heterocycles. The molecule has 0 unspecified atom stereocenters. The van der Waals surface area contributed by atoms with Gasteiger partial charge in [0.2, 0.25) is 0 Å². The number of rotatable bonds is 8. The summed E-state index contributed by atoms with van der Waals surface area (Å²) in [5.74, 6) is -0.328. The first kappa shape index (κ1) is 22.7. The van der Waals surface area contributed by atoms with Crippen LogP contribution < -0.4 is 19.7 Å². The van der Waals surface area contributed by atoms with Crippen molar-refractivity contribution in [3.8, 4) is 11.5 Å². The molecule has 1 aliphatic rings. The van der Waals surface area contributed by atoms with E-state index in [1.165, 1.54) is 7.11 Å². The summed E-state index contributed by atoms with van der Waals surface area (Å²) < 4.78 is 31.3. The highest BCUT2D eigenvalue weighted by molar-refractivity contribution is 7.67. The van der Waals surface area contributed by atoms with E-state index in [4.69, 9.17) is 14.0 Å². The van der Waals surface area contributed by atoms with Crippen LogP contribution in [0.4, 0.5) is 5.69 Å². The van der Waals surface area contributed by atoms with Gasteiger partial charge in [0.25, 0.3) is 7.37 Å². The maximum absolute atomic E-state index is 14.3. The van der Waals surface area contributed by atoms with E-state index in [0.717, 1.165) is 37.8 Å². The van der Waals surface area contributed by atoms with Crippen LogP contribution in [-0.4, -0.2) is 39.5 Å². The van der Waals surface area contributed by atoms with Gasteiger partial charge in [-0.1, -0.05) is 19.3 Å². The van der Waals surface area contributed by atoms with E-state index in [-0.39, 0.29) is 6.10 Å². The predicted molar refractivity (Wildman–Crippen MR) is 120 cm³/mol. The Morgan fingerprint density at radius 3 is 2.23 bits per heavy atom. The molecule has 0 radical (unpaired) electrons. The van der Waals surface area contributed by atoms with Crippen molar-refractivity contribution in [2.75, 3.05) is 33.2 Å². The summed E-state index contributed by atoms with van der Waals surface area (Å²) >= 11 is 0. The first-order valence-electron chi connectivity index (χ1n) is 10.3. The topological polar surface area (TPSA) is 68.2 Å². The molecule has 2 aromatic rings. The molecule has 1 aliphatic carbocycles. The van der Waals surface area contributed by atoms with E-state index in [9.17, 15) is 9.67 Å². The van der Waals surface area contributed by atoms with Gasteiger partial charge in [0.1, 0.15) is 11.5 Å². The van der Waals surface area contributed by atoms with Gasteiger partial charge < -0.3 is 24.0 Å². The van der Waals surface area contributed by atoms with Gasteiger partial charge in [0.05, 0.1) is 20.3 Å². The molecule has 7 heteroatoms. The second-order valence-electron chi connectivity index (χ2n) is 7.85. The number of anilines is 1. The molecule has 0 spiro atoms. The van der Waals surface area contributed by atoms with Gasteiger partial charge in [-0.15, -0.1) is 0 Å². The van der Waals surface area contributed by atoms with Crippen LogP contribution in [0.25, 0.3) is 0 Å². The van der Waals surface area contributed by atoms with Crippen molar-refractivity contribution >= 4 is 18.4 Å². The highest BCUT2D eigenvalue weighted by Crippen LogP contribution is 2.60. The number of ether oxygens (including phenoxy) is 2. The van der Waals surface area contributed by atoms with Gasteiger partial charge in [-0.25, -0.2) is 0 Å². The summed E-state index contributed by atoms with van der Waals surface area (Å²) in [5.41, 5.74) is 1.41. The lowest BCUT2D eigenvalue weighted by molar-refractivity contribution is 0.136. The molecule has 164 valence electrons. The largest absolute Gasteiger partial charge is 0.497 e. The molecular formula is C23H32NO5P. The number of nitrogens with zero attached hydrogens (tertiary/aromatic N) is 1. The second-order valence-corrected chi connectivity index (χ2v) is 10.3. The van der Waals surface area contributed by atoms with Crippen LogP contribution in [0, 0.1) is 0 Å². The van der Waals surface area contributed by atoms with Crippen LogP contribution in [-0.2, 0) is 9.09 Å². The molecule has 1 saturated carbocycles. The lowest BCUT2D eigenvalue weighted by atomic mass is 9.98. The molecule has 0 amide bonds. The van der Waals surface area contributed by atoms with Crippen LogP contribution in [0.15, 0.2) is 42.5 Å². The first-order chi connectivity index (χ1) is 14.4. The van der Waals surface area contributed by atoms with Crippen molar-refractivity contribution in [3.05, 3.63) is 48.0 Å². The summed E-state index contributed by atoms with van der Waals surface area (Å²) in [6.07, 6.45) is 4.84. The number of benzene rings is 2. The fourth-order valence-corrected chi connectivity index (χ4v) is 6.14. The fraction of sp³-hybridized carbons (Fsp3) is 0.478. The minimum atomic E-state index is -3.65. The molecule has 0 aliphatic heterocycles. The van der Waals surface area contributed by atoms with Crippen LogP contribution in [0.5, 0.6) is 11.5 Å². The molecule has 1 fully saturated rings. The summed E-state index contributed by atoms with van der Waals surface area (Å²) in [7, 11) is 3.33. The monoisotopic (exact) mass is 433 g/mol. The molecule has 1 N–H and O–H groups in total. The second kappa shape index (κ2) is 9.86. The Morgan fingerprint density at radius 2 is 1.67 bits per heavy atom. The van der Waals surface area contributed by atoms with Gasteiger partial charge in [-0.05, 0) is 49.2 Å². The predicted octanol–water partition coefficient (Wildman–Crippen LogP) is 4.71. The number of aliphatic hydroxyl groups excluding tert-OH is 1. The minimum absolute atomic E-state index is 0.128. The smallest absolute Gasteiger partial charge is 0.264 e. The fourth-order valence-electron chi connectivity index (χ4n) is 3.83. The third kappa shape index (κ3) is 4.83. The van der Waals surface area contributed by atoms with Gasteiger partial charge in [0.15, 0.2) is 5.85 Å². The zero-order valence-corrected chi connectivity index (χ0v) is 19.1. The molecule has 0 bridgehead atoms. The van der Waals surface area contributed by atoms with Crippen molar-refractivity contribution in [3.63, 3.8) is 0 Å². The molecule has 2 aromatic carbocycles. The van der Waals surface area contributed by atoms with Crippen molar-refractivity contribution in [1.29, 1.82) is 0 Å². The van der Waals surface area contributed by atoms with Crippen molar-refractivity contribution in [2.45, 2.75) is 44.1 Å². The van der Waals surface area contributed by atoms with Crippen molar-refractivity contribution in [2.24, 2.45) is 0 Å². The Morgan fingerprint density at radius 1 is 1.00 bits per heavy atom. The van der Waals surface area contributed by atoms with E-state index in [1.807, 2.05) is 31.1 Å². The van der Waals surface area contributed by atoms with E-state index >= 15 is 0 Å². The molecule has 0 saturated heterocycles. The minimum Gasteiger partial charge on any atom is -0.497 e. The molecular weight excluding hydrogens is 401 g/mol. The quantitative estimate of drug-likeness (QED) is 0.608. The molecule has 3 rings (SSSR count). The average molecular weight is 433 g/mol. The summed E-state index contributed by atoms with van der Waals surface area (Å²) in [6, 6.07) is 12.5. The Hall–Kier alpha value is -2.01.